The van der Waals surface area contributed by atoms with Crippen molar-refractivity contribution in [3.8, 4) is 0 Å². The lowest BCUT2D eigenvalue weighted by Crippen LogP contribution is -2.41. The van der Waals surface area contributed by atoms with Crippen LogP contribution in [-0.2, 0) is 4.79 Å². The van der Waals surface area contributed by atoms with E-state index in [4.69, 9.17) is 17.3 Å². The van der Waals surface area contributed by atoms with Crippen molar-refractivity contribution in [2.75, 3.05) is 5.32 Å². The number of allylic oxidation sites excluding steroid dienone is 1. The van der Waals surface area contributed by atoms with E-state index in [1.165, 1.54) is 0 Å². The molecule has 3 rings (SSSR count). The minimum absolute atomic E-state index is 0.0113. The van der Waals surface area contributed by atoms with E-state index in [0.29, 0.717) is 0 Å². The number of aromatic nitrogens is 2. The van der Waals surface area contributed by atoms with E-state index in [0.717, 1.165) is 12.6 Å². The zero-order valence-electron chi connectivity index (χ0n) is 9.88. The zero-order chi connectivity index (χ0) is 13.6. The Hall–Kier alpha value is -1.69. The number of carbonyl (C=O) groups excluding carboxylic acids is 1. The largest absolute Gasteiger partial charge is 0.369 e. The summed E-state index contributed by atoms with van der Waals surface area (Å²) in [5.41, 5.74) is 5.43. The Morgan fingerprint density at radius 1 is 1.47 bits per heavy atom. The predicted molar refractivity (Wildman–Crippen MR) is 67.8 cm³/mol. The van der Waals surface area contributed by atoms with Gasteiger partial charge in [0.15, 0.2) is 11.6 Å². The Bertz CT molecular complexity index is 565. The third-order valence-corrected chi connectivity index (χ3v) is 3.99. The van der Waals surface area contributed by atoms with Gasteiger partial charge in [-0.3, -0.25) is 4.79 Å². The van der Waals surface area contributed by atoms with E-state index in [9.17, 15) is 9.18 Å². The van der Waals surface area contributed by atoms with Crippen molar-refractivity contribution in [1.29, 1.82) is 0 Å². The lowest BCUT2D eigenvalue weighted by Gasteiger charge is -2.27. The SMILES string of the molecule is NC(=O)C1C2C=CC(C2)[C@H]1Nc1nc(Cl)ncc1F. The number of nitrogens with two attached hydrogens (primary N) is 1. The van der Waals surface area contributed by atoms with Gasteiger partial charge in [0.25, 0.3) is 0 Å². The summed E-state index contributed by atoms with van der Waals surface area (Å²) in [6.45, 7) is 0. The third-order valence-electron chi connectivity index (χ3n) is 3.81. The maximum Gasteiger partial charge on any atom is 0.224 e. The molecule has 3 unspecified atom stereocenters. The highest BCUT2D eigenvalue weighted by Gasteiger charge is 2.47. The van der Waals surface area contributed by atoms with Gasteiger partial charge < -0.3 is 11.1 Å². The minimum Gasteiger partial charge on any atom is -0.369 e. The Morgan fingerprint density at radius 2 is 2.21 bits per heavy atom. The minimum atomic E-state index is -0.598. The van der Waals surface area contributed by atoms with Crippen LogP contribution in [0.5, 0.6) is 0 Å². The predicted octanol–water partition coefficient (Wildman–Crippen LogP) is 1.36. The van der Waals surface area contributed by atoms with Crippen molar-refractivity contribution in [2.24, 2.45) is 23.5 Å². The van der Waals surface area contributed by atoms with Crippen LogP contribution in [0.1, 0.15) is 6.42 Å². The van der Waals surface area contributed by atoms with Gasteiger partial charge in [-0.1, -0.05) is 12.2 Å². The van der Waals surface area contributed by atoms with Crippen molar-refractivity contribution >= 4 is 23.3 Å². The molecule has 1 amide bonds. The third kappa shape index (κ3) is 2.06. The molecule has 0 aliphatic heterocycles. The Labute approximate surface area is 114 Å². The first-order chi connectivity index (χ1) is 9.06. The molecular weight excluding hydrogens is 271 g/mol. The Balaban J connectivity index is 1.88. The number of nitrogens with zero attached hydrogens (tertiary/aromatic N) is 2. The van der Waals surface area contributed by atoms with Gasteiger partial charge in [-0.2, -0.15) is 4.98 Å². The first kappa shape index (κ1) is 12.3. The maximum atomic E-state index is 13.6. The molecule has 1 fully saturated rings. The standard InChI is InChI=1S/C12H12ClFN4O/c13-12-16-4-7(14)11(18-12)17-9-6-2-1-5(3-6)8(9)10(15)19/h1-2,4-6,8-9H,3H2,(H2,15,19)(H,16,17,18)/t5?,6?,8?,9-/m1/s1. The van der Waals surface area contributed by atoms with Gasteiger partial charge in [0.1, 0.15) is 0 Å². The molecule has 2 aliphatic carbocycles. The van der Waals surface area contributed by atoms with E-state index >= 15 is 0 Å². The van der Waals surface area contributed by atoms with Crippen molar-refractivity contribution < 1.29 is 9.18 Å². The molecular formula is C12H12ClFN4O. The van der Waals surface area contributed by atoms with Crippen LogP contribution in [0.15, 0.2) is 18.3 Å². The molecule has 2 bridgehead atoms. The highest BCUT2D eigenvalue weighted by molar-refractivity contribution is 6.28. The topological polar surface area (TPSA) is 80.9 Å². The molecule has 100 valence electrons. The van der Waals surface area contributed by atoms with Gasteiger partial charge >= 0.3 is 0 Å². The van der Waals surface area contributed by atoms with Gasteiger partial charge in [-0.15, -0.1) is 0 Å². The van der Waals surface area contributed by atoms with Crippen LogP contribution in [0.25, 0.3) is 0 Å². The maximum absolute atomic E-state index is 13.6. The van der Waals surface area contributed by atoms with Gasteiger partial charge in [-0.25, -0.2) is 9.37 Å². The Morgan fingerprint density at radius 3 is 2.95 bits per heavy atom. The number of primary amides is 1. The molecule has 2 aliphatic rings. The molecule has 0 radical (unpaired) electrons. The Kier molecular flexibility index (Phi) is 2.89. The summed E-state index contributed by atoms with van der Waals surface area (Å²) < 4.78 is 13.6. The number of carbonyl (C=O) groups is 1. The van der Waals surface area contributed by atoms with Crippen LogP contribution in [0.4, 0.5) is 10.2 Å². The van der Waals surface area contributed by atoms with Gasteiger partial charge in [0.2, 0.25) is 11.2 Å². The first-order valence-corrected chi connectivity index (χ1v) is 6.36. The second kappa shape index (κ2) is 4.45. The fourth-order valence-corrected chi connectivity index (χ4v) is 3.14. The van der Waals surface area contributed by atoms with Crippen LogP contribution in [0, 0.1) is 23.6 Å². The van der Waals surface area contributed by atoms with Gasteiger partial charge in [-0.05, 0) is 29.9 Å². The zero-order valence-corrected chi connectivity index (χ0v) is 10.6. The van der Waals surface area contributed by atoms with Crippen LogP contribution in [0.3, 0.4) is 0 Å². The number of nitrogens with one attached hydrogen (secondary N) is 1. The summed E-state index contributed by atoms with van der Waals surface area (Å²) in [6.07, 6.45) is 5.88. The number of fused-ring (bicyclic) bond motifs is 2. The smallest absolute Gasteiger partial charge is 0.224 e. The average Bonchev–Trinajstić information content (AvgIpc) is 2.94. The summed E-state index contributed by atoms with van der Waals surface area (Å²) in [5.74, 6) is -1.02. The first-order valence-electron chi connectivity index (χ1n) is 5.98. The summed E-state index contributed by atoms with van der Waals surface area (Å²) in [5, 5.41) is 2.91. The van der Waals surface area contributed by atoms with Gasteiger partial charge in [0, 0.05) is 6.04 Å². The van der Waals surface area contributed by atoms with E-state index in [-0.39, 0.29) is 40.8 Å². The average molecular weight is 283 g/mol. The van der Waals surface area contributed by atoms with Crippen LogP contribution >= 0.6 is 11.6 Å². The number of hydrogen-bond acceptors (Lipinski definition) is 4. The number of amides is 1. The summed E-state index contributed by atoms with van der Waals surface area (Å²) in [7, 11) is 0. The number of halogens is 2. The molecule has 0 aromatic carbocycles. The summed E-state index contributed by atoms with van der Waals surface area (Å²) >= 11 is 5.65. The van der Waals surface area contributed by atoms with Crippen molar-refractivity contribution in [3.05, 3.63) is 29.4 Å². The quantitative estimate of drug-likeness (QED) is 0.648. The normalized spacial score (nSPS) is 31.7. The molecule has 3 N–H and O–H groups in total. The molecule has 0 saturated heterocycles. The van der Waals surface area contributed by atoms with Crippen LogP contribution < -0.4 is 11.1 Å². The second-order valence-corrected chi connectivity index (χ2v) is 5.22. The molecule has 1 heterocycles. The van der Waals surface area contributed by atoms with Gasteiger partial charge in [0.05, 0.1) is 12.1 Å². The molecule has 0 spiro atoms. The lowest BCUT2D eigenvalue weighted by atomic mass is 9.88. The number of anilines is 1. The fraction of sp³-hybridized carbons (Fsp3) is 0.417. The molecule has 4 atom stereocenters. The molecule has 7 heteroatoms. The van der Waals surface area contributed by atoms with E-state index < -0.39 is 5.82 Å². The monoisotopic (exact) mass is 282 g/mol. The second-order valence-electron chi connectivity index (χ2n) is 4.88. The molecule has 1 aromatic rings. The van der Waals surface area contributed by atoms with Crippen LogP contribution in [-0.4, -0.2) is 21.9 Å². The van der Waals surface area contributed by atoms with E-state index in [1.807, 2.05) is 12.2 Å². The molecule has 5 nitrogen and oxygen atoms in total. The van der Waals surface area contributed by atoms with Crippen molar-refractivity contribution in [2.45, 2.75) is 12.5 Å². The molecule has 19 heavy (non-hydrogen) atoms. The molecule has 1 aromatic heterocycles. The fourth-order valence-electron chi connectivity index (χ4n) is 3.01. The van der Waals surface area contributed by atoms with Crippen molar-refractivity contribution in [1.82, 2.24) is 9.97 Å². The lowest BCUT2D eigenvalue weighted by molar-refractivity contribution is -0.122. The van der Waals surface area contributed by atoms with Crippen molar-refractivity contribution in [3.63, 3.8) is 0 Å². The highest BCUT2D eigenvalue weighted by atomic mass is 35.5. The summed E-state index contributed by atoms with van der Waals surface area (Å²) in [6, 6.07) is -0.243. The highest BCUT2D eigenvalue weighted by Crippen LogP contribution is 2.44. The number of hydrogen-bond donors (Lipinski definition) is 2. The number of rotatable bonds is 3. The van der Waals surface area contributed by atoms with E-state index in [2.05, 4.69) is 15.3 Å². The molecule has 1 saturated carbocycles. The van der Waals surface area contributed by atoms with E-state index in [1.54, 1.807) is 0 Å². The van der Waals surface area contributed by atoms with Crippen LogP contribution in [0.2, 0.25) is 5.28 Å². The summed E-state index contributed by atoms with van der Waals surface area (Å²) in [4.78, 5) is 18.9.